The van der Waals surface area contributed by atoms with Gasteiger partial charge in [0, 0.05) is 28.0 Å². The molecule has 6 nitrogen and oxygen atoms in total. The van der Waals surface area contributed by atoms with Gasteiger partial charge in [-0.05, 0) is 30.3 Å². The van der Waals surface area contributed by atoms with Crippen molar-refractivity contribution in [3.63, 3.8) is 0 Å². The Morgan fingerprint density at radius 3 is 2.20 bits per heavy atom. The Morgan fingerprint density at radius 2 is 1.60 bits per heavy atom. The lowest BCUT2D eigenvalue weighted by Crippen LogP contribution is -2.29. The third-order valence-corrected chi connectivity index (χ3v) is 3.97. The van der Waals surface area contributed by atoms with E-state index in [0.29, 0.717) is 33.9 Å². The number of fused-ring (bicyclic) bond motifs is 1. The Kier molecular flexibility index (Phi) is 4.43. The minimum absolute atomic E-state index is 0.186. The molecule has 0 radical (unpaired) electrons. The summed E-state index contributed by atoms with van der Waals surface area (Å²) in [7, 11) is 4.51. The number of ketones is 1. The smallest absolute Gasteiger partial charge is 0.264 e. The van der Waals surface area contributed by atoms with E-state index in [1.165, 1.54) is 27.5 Å². The zero-order valence-electron chi connectivity index (χ0n) is 14.1. The van der Waals surface area contributed by atoms with Crippen LogP contribution >= 0.6 is 0 Å². The Balaban J connectivity index is 2.09. The molecule has 0 spiro atoms. The summed E-state index contributed by atoms with van der Waals surface area (Å²) in [6.45, 7) is 0. The quantitative estimate of drug-likeness (QED) is 0.439. The summed E-state index contributed by atoms with van der Waals surface area (Å²) < 4.78 is 16.9. The van der Waals surface area contributed by atoms with Gasteiger partial charge in [0.05, 0.1) is 26.7 Å². The maximum atomic E-state index is 12.9. The lowest BCUT2D eigenvalue weighted by Gasteiger charge is -2.13. The summed E-state index contributed by atoms with van der Waals surface area (Å²) in [6.07, 6.45) is 1.53. The van der Waals surface area contributed by atoms with E-state index in [0.717, 1.165) is 10.1 Å². The Hall–Kier alpha value is -3.28. The first kappa shape index (κ1) is 16.6. The number of carbonyl (C=O) groups is 1. The third-order valence-electron chi connectivity index (χ3n) is 3.97. The van der Waals surface area contributed by atoms with Crippen molar-refractivity contribution in [3.05, 3.63) is 59.8 Å². The number of carbonyl (C=O) groups excluding carboxylic acids is 1. The van der Waals surface area contributed by atoms with Crippen molar-refractivity contribution in [1.29, 1.82) is 0 Å². The number of methoxy groups -OCH3 is 3. The molecule has 1 heterocycles. The maximum Gasteiger partial charge on any atom is 0.264 e. The SMILES string of the molecule is COc1cc(C(=O)c2ccc3c(ccc[n+]3O)c2)cc(OC)c1OC. The van der Waals surface area contributed by atoms with Crippen LogP contribution < -0.4 is 18.9 Å². The summed E-state index contributed by atoms with van der Waals surface area (Å²) in [5.74, 6) is 1.08. The first-order valence-electron chi connectivity index (χ1n) is 7.57. The summed E-state index contributed by atoms with van der Waals surface area (Å²) in [5.41, 5.74) is 1.53. The molecule has 0 atom stereocenters. The Morgan fingerprint density at radius 1 is 0.920 bits per heavy atom. The van der Waals surface area contributed by atoms with Crippen molar-refractivity contribution in [2.75, 3.05) is 21.3 Å². The fourth-order valence-electron chi connectivity index (χ4n) is 2.73. The van der Waals surface area contributed by atoms with Crippen molar-refractivity contribution in [2.45, 2.75) is 0 Å². The van der Waals surface area contributed by atoms with Gasteiger partial charge in [-0.3, -0.25) is 10.0 Å². The molecule has 0 amide bonds. The molecule has 0 aliphatic rings. The van der Waals surface area contributed by atoms with Crippen LogP contribution in [-0.2, 0) is 0 Å². The highest BCUT2D eigenvalue weighted by Crippen LogP contribution is 2.38. The van der Waals surface area contributed by atoms with Crippen LogP contribution in [0.1, 0.15) is 15.9 Å². The number of rotatable bonds is 5. The van der Waals surface area contributed by atoms with E-state index in [2.05, 4.69) is 0 Å². The predicted octanol–water partition coefficient (Wildman–Crippen LogP) is 2.62. The van der Waals surface area contributed by atoms with Crippen LogP contribution in [0.3, 0.4) is 0 Å². The number of hydrogen-bond acceptors (Lipinski definition) is 5. The summed E-state index contributed by atoms with van der Waals surface area (Å²) in [4.78, 5) is 12.9. The molecule has 0 fully saturated rings. The van der Waals surface area contributed by atoms with Gasteiger partial charge in [-0.2, -0.15) is 0 Å². The lowest BCUT2D eigenvalue weighted by atomic mass is 10.0. The number of hydrogen-bond donors (Lipinski definition) is 1. The lowest BCUT2D eigenvalue weighted by molar-refractivity contribution is -0.884. The van der Waals surface area contributed by atoms with Crippen molar-refractivity contribution >= 4 is 16.7 Å². The van der Waals surface area contributed by atoms with E-state index in [9.17, 15) is 10.0 Å². The molecule has 0 saturated heterocycles. The topological polar surface area (TPSA) is 68.9 Å². The van der Waals surface area contributed by atoms with E-state index >= 15 is 0 Å². The van der Waals surface area contributed by atoms with Crippen LogP contribution in [-0.4, -0.2) is 32.3 Å². The molecule has 0 saturated carbocycles. The molecule has 0 unspecified atom stereocenters. The van der Waals surface area contributed by atoms with Crippen molar-refractivity contribution in [2.24, 2.45) is 0 Å². The normalized spacial score (nSPS) is 10.5. The van der Waals surface area contributed by atoms with Crippen LogP contribution in [0.5, 0.6) is 17.2 Å². The van der Waals surface area contributed by atoms with Gasteiger partial charge in [0.2, 0.25) is 11.9 Å². The molecule has 1 N–H and O–H groups in total. The highest BCUT2D eigenvalue weighted by molar-refractivity contribution is 6.11. The van der Waals surface area contributed by atoms with E-state index in [1.54, 1.807) is 36.4 Å². The van der Waals surface area contributed by atoms with Gasteiger partial charge in [0.25, 0.3) is 5.52 Å². The number of aromatic nitrogens is 1. The van der Waals surface area contributed by atoms with Gasteiger partial charge < -0.3 is 14.2 Å². The van der Waals surface area contributed by atoms with Crippen LogP contribution in [0.2, 0.25) is 0 Å². The molecule has 1 aromatic heterocycles. The number of nitrogens with zero attached hydrogens (tertiary/aromatic N) is 1. The summed E-state index contributed by atoms with van der Waals surface area (Å²) >= 11 is 0. The molecular weight excluding hydrogens is 322 g/mol. The van der Waals surface area contributed by atoms with Crippen LogP contribution in [0.25, 0.3) is 10.9 Å². The van der Waals surface area contributed by atoms with Gasteiger partial charge in [0.1, 0.15) is 0 Å². The molecule has 3 rings (SSSR count). The minimum atomic E-state index is -0.186. The number of ether oxygens (including phenoxy) is 3. The molecule has 128 valence electrons. The third kappa shape index (κ3) is 2.94. The zero-order valence-corrected chi connectivity index (χ0v) is 14.1. The van der Waals surface area contributed by atoms with Crippen molar-refractivity contribution in [1.82, 2.24) is 0 Å². The summed E-state index contributed by atoms with van der Waals surface area (Å²) in [6, 6.07) is 11.9. The molecule has 0 aliphatic heterocycles. The molecule has 2 aromatic carbocycles. The second-order valence-corrected chi connectivity index (χ2v) is 5.37. The average molecular weight is 340 g/mol. The molecule has 25 heavy (non-hydrogen) atoms. The Labute approximate surface area is 144 Å². The fourth-order valence-corrected chi connectivity index (χ4v) is 2.73. The van der Waals surface area contributed by atoms with Gasteiger partial charge >= 0.3 is 0 Å². The van der Waals surface area contributed by atoms with Crippen molar-refractivity contribution < 1.29 is 28.9 Å². The largest absolute Gasteiger partial charge is 0.493 e. The summed E-state index contributed by atoms with van der Waals surface area (Å²) in [5, 5.41) is 10.5. The van der Waals surface area contributed by atoms with Gasteiger partial charge in [0.15, 0.2) is 17.3 Å². The van der Waals surface area contributed by atoms with E-state index < -0.39 is 0 Å². The molecular formula is C19H18NO5+. The zero-order chi connectivity index (χ0) is 18.0. The molecule has 0 bridgehead atoms. The highest BCUT2D eigenvalue weighted by Gasteiger charge is 2.19. The van der Waals surface area contributed by atoms with Gasteiger partial charge in [-0.25, -0.2) is 0 Å². The second-order valence-electron chi connectivity index (χ2n) is 5.37. The first-order chi connectivity index (χ1) is 12.1. The maximum absolute atomic E-state index is 12.9. The van der Waals surface area contributed by atoms with Crippen LogP contribution in [0.4, 0.5) is 0 Å². The average Bonchev–Trinajstić information content (AvgIpc) is 2.66. The van der Waals surface area contributed by atoms with Gasteiger partial charge in [-0.1, -0.05) is 0 Å². The second kappa shape index (κ2) is 6.68. The van der Waals surface area contributed by atoms with Crippen LogP contribution in [0.15, 0.2) is 48.7 Å². The monoisotopic (exact) mass is 340 g/mol. The Bertz CT molecular complexity index is 927. The highest BCUT2D eigenvalue weighted by atomic mass is 16.5. The molecule has 3 aromatic rings. The molecule has 6 heteroatoms. The van der Waals surface area contributed by atoms with E-state index in [-0.39, 0.29) is 5.78 Å². The molecule has 0 aliphatic carbocycles. The standard InChI is InChI=1S/C19H18NO5/c1-23-16-10-14(11-17(24-2)19(16)25-3)18(21)13-6-7-15-12(9-13)5-4-8-20(15)22/h4-11,22H,1-3H3/q+1. The number of benzene rings is 2. The van der Waals surface area contributed by atoms with Gasteiger partial charge in [-0.15, -0.1) is 0 Å². The predicted molar refractivity (Wildman–Crippen MR) is 90.9 cm³/mol. The number of pyridine rings is 1. The van der Waals surface area contributed by atoms with Crippen LogP contribution in [0, 0.1) is 0 Å². The van der Waals surface area contributed by atoms with E-state index in [4.69, 9.17) is 14.2 Å². The fraction of sp³-hybridized carbons (Fsp3) is 0.158. The minimum Gasteiger partial charge on any atom is -0.493 e. The first-order valence-corrected chi connectivity index (χ1v) is 7.57. The van der Waals surface area contributed by atoms with Crippen molar-refractivity contribution in [3.8, 4) is 17.2 Å². The van der Waals surface area contributed by atoms with E-state index in [1.807, 2.05) is 6.07 Å².